The van der Waals surface area contributed by atoms with Gasteiger partial charge in [-0.3, -0.25) is 9.59 Å². The Balaban J connectivity index is 1.48. The van der Waals surface area contributed by atoms with Crippen LogP contribution in [0.15, 0.2) is 63.8 Å². The summed E-state index contributed by atoms with van der Waals surface area (Å²) in [6.45, 7) is 3.70. The number of amides is 2. The van der Waals surface area contributed by atoms with Gasteiger partial charge in [0, 0.05) is 11.8 Å². The molecule has 0 fully saturated rings. The van der Waals surface area contributed by atoms with Gasteiger partial charge in [0.25, 0.3) is 5.91 Å². The molecule has 1 aromatic heterocycles. The maximum Gasteiger partial charge on any atom is 0.250 e. The Bertz CT molecular complexity index is 1020. The van der Waals surface area contributed by atoms with Crippen molar-refractivity contribution in [1.29, 1.82) is 0 Å². The van der Waals surface area contributed by atoms with E-state index in [1.807, 2.05) is 43.3 Å². The van der Waals surface area contributed by atoms with E-state index in [0.717, 1.165) is 11.1 Å². The van der Waals surface area contributed by atoms with Gasteiger partial charge in [0.15, 0.2) is 0 Å². The van der Waals surface area contributed by atoms with Gasteiger partial charge in [-0.15, -0.1) is 0 Å². The number of fused-ring (bicyclic) bond motifs is 1. The highest BCUT2D eigenvalue weighted by atomic mass is 16.5. The van der Waals surface area contributed by atoms with Gasteiger partial charge in [0.05, 0.1) is 13.0 Å². The molecule has 0 radical (unpaired) electrons. The minimum Gasteiger partial charge on any atom is -0.345 e. The zero-order valence-electron chi connectivity index (χ0n) is 15.5. The van der Waals surface area contributed by atoms with Gasteiger partial charge < -0.3 is 14.7 Å². The fourth-order valence-electron chi connectivity index (χ4n) is 3.21. The molecule has 0 bridgehead atoms. The minimum atomic E-state index is -1.08. The first-order valence-electron chi connectivity index (χ1n) is 8.89. The number of nitrogens with zero attached hydrogens (tertiary/aromatic N) is 4. The Morgan fingerprint density at radius 1 is 1.32 bits per heavy atom. The van der Waals surface area contributed by atoms with Crippen LogP contribution in [0.5, 0.6) is 0 Å². The number of nitrogens with one attached hydrogen (secondary N) is 1. The molecular formula is C20H19N5O3. The molecule has 2 aromatic rings. The SMILES string of the molecule is CC1=CC2=NC(=O)C[C@](C)(C(=O)NCc3nc(-c4ccccc4)no3)N2C=C1. The number of aliphatic imine (C=N–C) groups is 1. The predicted octanol–water partition coefficient (Wildman–Crippen LogP) is 2.22. The van der Waals surface area contributed by atoms with Gasteiger partial charge in [-0.2, -0.15) is 9.98 Å². The first kappa shape index (κ1) is 17.8. The maximum atomic E-state index is 12.9. The number of amidine groups is 1. The first-order chi connectivity index (χ1) is 13.5. The molecule has 1 N–H and O–H groups in total. The predicted molar refractivity (Wildman–Crippen MR) is 102 cm³/mol. The molecule has 8 nitrogen and oxygen atoms in total. The van der Waals surface area contributed by atoms with Crippen LogP contribution in [-0.2, 0) is 16.1 Å². The van der Waals surface area contributed by atoms with E-state index in [-0.39, 0.29) is 30.7 Å². The number of carbonyl (C=O) groups excluding carboxylic acids is 2. The van der Waals surface area contributed by atoms with Gasteiger partial charge in [0.2, 0.25) is 17.6 Å². The number of benzene rings is 1. The Hall–Kier alpha value is -3.55. The first-order valence-corrected chi connectivity index (χ1v) is 8.89. The highest BCUT2D eigenvalue weighted by Crippen LogP contribution is 2.29. The zero-order valence-corrected chi connectivity index (χ0v) is 15.5. The van der Waals surface area contributed by atoms with Crippen molar-refractivity contribution in [3.63, 3.8) is 0 Å². The summed E-state index contributed by atoms with van der Waals surface area (Å²) in [5.74, 6) is 0.574. The highest BCUT2D eigenvalue weighted by Gasteiger charge is 2.45. The Labute approximate surface area is 161 Å². The van der Waals surface area contributed by atoms with E-state index in [4.69, 9.17) is 4.52 Å². The van der Waals surface area contributed by atoms with E-state index in [0.29, 0.717) is 11.7 Å². The van der Waals surface area contributed by atoms with Gasteiger partial charge in [-0.25, -0.2) is 0 Å². The quantitative estimate of drug-likeness (QED) is 0.877. The highest BCUT2D eigenvalue weighted by molar-refractivity contribution is 6.09. The molecule has 4 rings (SSSR count). The van der Waals surface area contributed by atoms with Crippen molar-refractivity contribution in [2.75, 3.05) is 0 Å². The maximum absolute atomic E-state index is 12.9. The minimum absolute atomic E-state index is 0.0152. The molecule has 8 heteroatoms. The summed E-state index contributed by atoms with van der Waals surface area (Å²) in [5.41, 5.74) is 0.714. The second-order valence-electron chi connectivity index (χ2n) is 6.95. The summed E-state index contributed by atoms with van der Waals surface area (Å²) < 4.78 is 5.23. The third kappa shape index (κ3) is 3.24. The Morgan fingerprint density at radius 3 is 2.89 bits per heavy atom. The largest absolute Gasteiger partial charge is 0.345 e. The fourth-order valence-corrected chi connectivity index (χ4v) is 3.21. The van der Waals surface area contributed by atoms with Crippen molar-refractivity contribution in [2.45, 2.75) is 32.4 Å². The molecule has 0 spiro atoms. The van der Waals surface area contributed by atoms with Crippen molar-refractivity contribution in [2.24, 2.45) is 4.99 Å². The summed E-state index contributed by atoms with van der Waals surface area (Å²) in [5, 5.41) is 6.74. The van der Waals surface area contributed by atoms with E-state index in [1.165, 1.54) is 0 Å². The molecular weight excluding hydrogens is 358 g/mol. The van der Waals surface area contributed by atoms with E-state index in [1.54, 1.807) is 24.1 Å². The van der Waals surface area contributed by atoms with Crippen molar-refractivity contribution >= 4 is 17.6 Å². The standard InChI is InChI=1S/C20H19N5O3/c1-13-8-9-25-15(10-13)22-16(26)11-20(25,2)19(27)21-12-17-23-18(24-28-17)14-6-4-3-5-7-14/h3-10H,11-12H2,1-2H3,(H,21,27)/t20-/m1/s1. The smallest absolute Gasteiger partial charge is 0.250 e. The van der Waals surface area contributed by atoms with E-state index in [9.17, 15) is 9.59 Å². The van der Waals surface area contributed by atoms with Crippen LogP contribution in [-0.4, -0.2) is 38.2 Å². The second-order valence-corrected chi connectivity index (χ2v) is 6.95. The average molecular weight is 377 g/mol. The third-order valence-corrected chi connectivity index (χ3v) is 4.75. The summed E-state index contributed by atoms with van der Waals surface area (Å²) in [4.78, 5) is 35.1. The molecule has 0 aliphatic carbocycles. The van der Waals surface area contributed by atoms with Crippen molar-refractivity contribution in [3.05, 3.63) is 60.1 Å². The van der Waals surface area contributed by atoms with E-state index < -0.39 is 5.54 Å². The molecule has 0 saturated heterocycles. The third-order valence-electron chi connectivity index (χ3n) is 4.75. The molecule has 0 unspecified atom stereocenters. The van der Waals surface area contributed by atoms with Crippen LogP contribution in [0.2, 0.25) is 0 Å². The number of hydrogen-bond donors (Lipinski definition) is 1. The van der Waals surface area contributed by atoms with Crippen molar-refractivity contribution in [1.82, 2.24) is 20.4 Å². The van der Waals surface area contributed by atoms with Crippen LogP contribution >= 0.6 is 0 Å². The Kier molecular flexibility index (Phi) is 4.38. The lowest BCUT2D eigenvalue weighted by molar-refractivity contribution is -0.134. The second kappa shape index (κ2) is 6.88. The molecule has 0 saturated carbocycles. The van der Waals surface area contributed by atoms with Crippen LogP contribution in [0.25, 0.3) is 11.4 Å². The topological polar surface area (TPSA) is 101 Å². The lowest BCUT2D eigenvalue weighted by atomic mass is 9.90. The monoisotopic (exact) mass is 377 g/mol. The van der Waals surface area contributed by atoms with Gasteiger partial charge in [-0.1, -0.05) is 35.5 Å². The fraction of sp³-hybridized carbons (Fsp3) is 0.250. The van der Waals surface area contributed by atoms with Crippen molar-refractivity contribution < 1.29 is 14.1 Å². The molecule has 2 aliphatic heterocycles. The number of allylic oxidation sites excluding steroid dienone is 2. The number of aromatic nitrogens is 2. The number of carbonyl (C=O) groups is 2. The summed E-state index contributed by atoms with van der Waals surface area (Å²) in [6.07, 6.45) is 5.43. The zero-order chi connectivity index (χ0) is 19.7. The van der Waals surface area contributed by atoms with Gasteiger partial charge in [0.1, 0.15) is 11.4 Å². The normalized spacial score (nSPS) is 21.1. The Morgan fingerprint density at radius 2 is 2.11 bits per heavy atom. The lowest BCUT2D eigenvalue weighted by Crippen LogP contribution is -2.59. The molecule has 3 heterocycles. The summed E-state index contributed by atoms with van der Waals surface area (Å²) in [6, 6.07) is 9.42. The summed E-state index contributed by atoms with van der Waals surface area (Å²) >= 11 is 0. The molecule has 2 amide bonds. The molecule has 142 valence electrons. The van der Waals surface area contributed by atoms with E-state index >= 15 is 0 Å². The van der Waals surface area contributed by atoms with Crippen LogP contribution < -0.4 is 5.32 Å². The molecule has 1 aromatic carbocycles. The number of rotatable bonds is 4. The van der Waals surface area contributed by atoms with Gasteiger partial charge in [-0.05, 0) is 31.6 Å². The van der Waals surface area contributed by atoms with E-state index in [2.05, 4.69) is 20.4 Å². The summed E-state index contributed by atoms with van der Waals surface area (Å²) in [7, 11) is 0. The molecule has 28 heavy (non-hydrogen) atoms. The van der Waals surface area contributed by atoms with Crippen LogP contribution in [0.4, 0.5) is 0 Å². The number of hydrogen-bond acceptors (Lipinski definition) is 6. The molecule has 2 aliphatic rings. The van der Waals surface area contributed by atoms with Crippen molar-refractivity contribution in [3.8, 4) is 11.4 Å². The molecule has 1 atom stereocenters. The van der Waals surface area contributed by atoms with Crippen LogP contribution in [0.3, 0.4) is 0 Å². The lowest BCUT2D eigenvalue weighted by Gasteiger charge is -2.41. The average Bonchev–Trinajstić information content (AvgIpc) is 3.15. The van der Waals surface area contributed by atoms with Crippen LogP contribution in [0.1, 0.15) is 26.2 Å². The van der Waals surface area contributed by atoms with Crippen LogP contribution in [0, 0.1) is 0 Å². The van der Waals surface area contributed by atoms with Gasteiger partial charge >= 0.3 is 0 Å².